The van der Waals surface area contributed by atoms with E-state index < -0.39 is 17.3 Å². The lowest BCUT2D eigenvalue weighted by atomic mass is 10.2. The summed E-state index contributed by atoms with van der Waals surface area (Å²) in [6, 6.07) is 12.0. The van der Waals surface area contributed by atoms with Gasteiger partial charge < -0.3 is 14.8 Å². The summed E-state index contributed by atoms with van der Waals surface area (Å²) in [4.78, 5) is 38.6. The van der Waals surface area contributed by atoms with Gasteiger partial charge in [0, 0.05) is 13.1 Å². The SMILES string of the molecule is O=C(NCCN1C(=O)S/C(=C/c2ccc(Cl)c(Cl)c2)C1=O)[C@@H]1COc2ccccc2O1. The van der Waals surface area contributed by atoms with Gasteiger partial charge in [-0.1, -0.05) is 41.4 Å². The highest BCUT2D eigenvalue weighted by atomic mass is 35.5. The quantitative estimate of drug-likeness (QED) is 0.654. The van der Waals surface area contributed by atoms with E-state index in [1.165, 1.54) is 0 Å². The Labute approximate surface area is 192 Å². The van der Waals surface area contributed by atoms with Crippen LogP contribution in [0.5, 0.6) is 11.5 Å². The first-order valence-corrected chi connectivity index (χ1v) is 10.9. The Morgan fingerprint density at radius 2 is 1.94 bits per heavy atom. The molecule has 0 unspecified atom stereocenters. The van der Waals surface area contributed by atoms with Crippen molar-refractivity contribution in [2.45, 2.75) is 6.10 Å². The molecule has 0 bridgehead atoms. The van der Waals surface area contributed by atoms with Gasteiger partial charge in [0.15, 0.2) is 11.5 Å². The molecule has 0 aliphatic carbocycles. The summed E-state index contributed by atoms with van der Waals surface area (Å²) >= 11 is 12.7. The van der Waals surface area contributed by atoms with Crippen molar-refractivity contribution in [1.82, 2.24) is 10.2 Å². The highest BCUT2D eigenvalue weighted by Crippen LogP contribution is 2.33. The summed E-state index contributed by atoms with van der Waals surface area (Å²) in [7, 11) is 0. The zero-order valence-electron chi connectivity index (χ0n) is 16.0. The molecule has 0 aromatic heterocycles. The van der Waals surface area contributed by atoms with Crippen LogP contribution >= 0.6 is 35.0 Å². The number of nitrogens with one attached hydrogen (secondary N) is 1. The maximum absolute atomic E-state index is 12.6. The Balaban J connectivity index is 1.32. The number of fused-ring (bicyclic) bond motifs is 1. The van der Waals surface area contributed by atoms with Gasteiger partial charge in [0.2, 0.25) is 6.10 Å². The van der Waals surface area contributed by atoms with E-state index >= 15 is 0 Å². The fourth-order valence-electron chi connectivity index (χ4n) is 3.00. The molecule has 7 nitrogen and oxygen atoms in total. The smallest absolute Gasteiger partial charge is 0.293 e. The molecule has 2 aromatic rings. The van der Waals surface area contributed by atoms with Crippen LogP contribution in [0, 0.1) is 0 Å². The molecule has 160 valence electrons. The van der Waals surface area contributed by atoms with Crippen LogP contribution in [0.25, 0.3) is 6.08 Å². The minimum atomic E-state index is -0.806. The number of ether oxygens (including phenoxy) is 2. The van der Waals surface area contributed by atoms with E-state index in [4.69, 9.17) is 32.7 Å². The molecule has 1 atom stereocenters. The number of nitrogens with zero attached hydrogens (tertiary/aromatic N) is 1. The van der Waals surface area contributed by atoms with Gasteiger partial charge in [0.05, 0.1) is 15.0 Å². The van der Waals surface area contributed by atoms with Crippen molar-refractivity contribution in [3.05, 3.63) is 63.0 Å². The van der Waals surface area contributed by atoms with Crippen LogP contribution in [-0.4, -0.2) is 47.8 Å². The molecule has 3 amide bonds. The number of hydrogen-bond donors (Lipinski definition) is 1. The number of hydrogen-bond acceptors (Lipinski definition) is 6. The Hall–Kier alpha value is -2.68. The molecule has 1 saturated heterocycles. The molecule has 1 N–H and O–H groups in total. The number of benzene rings is 2. The third kappa shape index (κ3) is 4.81. The summed E-state index contributed by atoms with van der Waals surface area (Å²) < 4.78 is 11.2. The Morgan fingerprint density at radius 1 is 1.16 bits per heavy atom. The summed E-state index contributed by atoms with van der Waals surface area (Å²) in [6.07, 6.45) is 0.774. The molecule has 4 rings (SSSR count). The van der Waals surface area contributed by atoms with Crippen LogP contribution in [0.1, 0.15) is 5.56 Å². The van der Waals surface area contributed by atoms with Gasteiger partial charge in [0.25, 0.3) is 17.1 Å². The number of halogens is 2. The van der Waals surface area contributed by atoms with Crippen molar-refractivity contribution in [3.8, 4) is 11.5 Å². The van der Waals surface area contributed by atoms with E-state index in [1.54, 1.807) is 42.5 Å². The van der Waals surface area contributed by atoms with E-state index in [9.17, 15) is 14.4 Å². The van der Waals surface area contributed by atoms with Gasteiger partial charge in [-0.2, -0.15) is 0 Å². The standard InChI is InChI=1S/C21H16Cl2N2O5S/c22-13-6-5-12(9-14(13)23)10-18-20(27)25(21(28)31-18)8-7-24-19(26)17-11-29-15-3-1-2-4-16(15)30-17/h1-6,9-10,17H,7-8,11H2,(H,24,26)/b18-10+/t17-/m0/s1. The van der Waals surface area contributed by atoms with E-state index in [2.05, 4.69) is 5.32 Å². The topological polar surface area (TPSA) is 84.9 Å². The molecule has 0 radical (unpaired) electrons. The van der Waals surface area contributed by atoms with E-state index in [0.717, 1.165) is 16.7 Å². The summed E-state index contributed by atoms with van der Waals surface area (Å²) in [5, 5.41) is 3.03. The van der Waals surface area contributed by atoms with Gasteiger partial charge in [-0.25, -0.2) is 0 Å². The van der Waals surface area contributed by atoms with Crippen LogP contribution in [0.15, 0.2) is 47.4 Å². The van der Waals surface area contributed by atoms with Crippen molar-refractivity contribution in [1.29, 1.82) is 0 Å². The Bertz CT molecular complexity index is 1090. The van der Waals surface area contributed by atoms with Crippen LogP contribution in [0.4, 0.5) is 4.79 Å². The van der Waals surface area contributed by atoms with Crippen molar-refractivity contribution in [2.75, 3.05) is 19.7 Å². The number of carbonyl (C=O) groups excluding carboxylic acids is 3. The van der Waals surface area contributed by atoms with Gasteiger partial charge in [-0.05, 0) is 47.7 Å². The number of rotatable bonds is 5. The molecule has 0 saturated carbocycles. The zero-order valence-corrected chi connectivity index (χ0v) is 18.3. The largest absolute Gasteiger partial charge is 0.485 e. The van der Waals surface area contributed by atoms with Crippen LogP contribution in [0.2, 0.25) is 10.0 Å². The summed E-state index contributed by atoms with van der Waals surface area (Å²) in [5.74, 6) is 0.264. The fourth-order valence-corrected chi connectivity index (χ4v) is 4.17. The Morgan fingerprint density at radius 3 is 2.71 bits per heavy atom. The molecule has 31 heavy (non-hydrogen) atoms. The van der Waals surface area contributed by atoms with Gasteiger partial charge in [-0.15, -0.1) is 0 Å². The summed E-state index contributed by atoms with van der Waals surface area (Å²) in [5.41, 5.74) is 0.655. The summed E-state index contributed by atoms with van der Waals surface area (Å²) in [6.45, 7) is 0.217. The van der Waals surface area contributed by atoms with Crippen LogP contribution in [-0.2, 0) is 9.59 Å². The van der Waals surface area contributed by atoms with Crippen molar-refractivity contribution < 1.29 is 23.9 Å². The lowest BCUT2D eigenvalue weighted by Gasteiger charge is -2.25. The lowest BCUT2D eigenvalue weighted by Crippen LogP contribution is -2.46. The predicted molar refractivity (Wildman–Crippen MR) is 119 cm³/mol. The Kier molecular flexibility index (Phi) is 6.41. The molecule has 2 aliphatic rings. The van der Waals surface area contributed by atoms with Crippen LogP contribution in [0.3, 0.4) is 0 Å². The second kappa shape index (κ2) is 9.21. The molecule has 2 heterocycles. The molecule has 10 heteroatoms. The third-order valence-electron chi connectivity index (χ3n) is 4.55. The van der Waals surface area contributed by atoms with Gasteiger partial charge in [0.1, 0.15) is 6.61 Å². The fraction of sp³-hybridized carbons (Fsp3) is 0.190. The molecule has 0 spiro atoms. The monoisotopic (exact) mass is 478 g/mol. The minimum absolute atomic E-state index is 0.0410. The second-order valence-electron chi connectivity index (χ2n) is 6.66. The number of imide groups is 1. The zero-order chi connectivity index (χ0) is 22.0. The van der Waals surface area contributed by atoms with Crippen molar-refractivity contribution >= 4 is 58.1 Å². The molecule has 1 fully saturated rings. The van der Waals surface area contributed by atoms with Gasteiger partial charge >= 0.3 is 0 Å². The average molecular weight is 479 g/mol. The maximum atomic E-state index is 12.6. The first-order valence-electron chi connectivity index (χ1n) is 9.29. The maximum Gasteiger partial charge on any atom is 0.293 e. The van der Waals surface area contributed by atoms with Crippen LogP contribution < -0.4 is 14.8 Å². The van der Waals surface area contributed by atoms with Crippen molar-refractivity contribution in [2.24, 2.45) is 0 Å². The first-order chi connectivity index (χ1) is 14.9. The first kappa shape index (κ1) is 21.5. The van der Waals surface area contributed by atoms with E-state index in [-0.39, 0.29) is 30.5 Å². The highest BCUT2D eigenvalue weighted by molar-refractivity contribution is 8.18. The average Bonchev–Trinajstić information content (AvgIpc) is 3.03. The predicted octanol–water partition coefficient (Wildman–Crippen LogP) is 3.99. The van der Waals surface area contributed by atoms with E-state index in [1.807, 2.05) is 6.07 Å². The number of para-hydroxylation sites is 2. The number of amides is 3. The van der Waals surface area contributed by atoms with Gasteiger partial charge in [-0.3, -0.25) is 19.3 Å². The minimum Gasteiger partial charge on any atom is -0.485 e. The lowest BCUT2D eigenvalue weighted by molar-refractivity contribution is -0.131. The molecule has 2 aliphatic heterocycles. The highest BCUT2D eigenvalue weighted by Gasteiger charge is 2.35. The molecular weight excluding hydrogens is 463 g/mol. The second-order valence-corrected chi connectivity index (χ2v) is 8.47. The normalized spacial score (nSPS) is 19.1. The number of carbonyl (C=O) groups is 3. The molecule has 2 aromatic carbocycles. The molecular formula is C21H16Cl2N2O5S. The van der Waals surface area contributed by atoms with E-state index in [0.29, 0.717) is 27.1 Å². The number of thioether (sulfide) groups is 1. The third-order valence-corrected chi connectivity index (χ3v) is 6.20. The van der Waals surface area contributed by atoms with Crippen molar-refractivity contribution in [3.63, 3.8) is 0 Å².